The number of hydrogen-bond donors (Lipinski definition) is 1. The second kappa shape index (κ2) is 6.57. The van der Waals surface area contributed by atoms with Crippen molar-refractivity contribution in [2.24, 2.45) is 40.4 Å². The predicted molar refractivity (Wildman–Crippen MR) is 103 cm³/mol. The summed E-state index contributed by atoms with van der Waals surface area (Å²) in [5.74, 6) is 2.28. The third-order valence-corrected chi connectivity index (χ3v) is 9.51. The Labute approximate surface area is 163 Å². The molecule has 0 unspecified atom stereocenters. The number of ether oxygens (including phenoxy) is 1. The molecule has 27 heavy (non-hydrogen) atoms. The fourth-order valence-electron chi connectivity index (χ4n) is 8.21. The monoisotopic (exact) mass is 376 g/mol. The lowest BCUT2D eigenvalue weighted by atomic mass is 9.44. The second-order valence-electron chi connectivity index (χ2n) is 10.5. The van der Waals surface area contributed by atoms with Crippen LogP contribution in [0, 0.1) is 40.4 Å². The summed E-state index contributed by atoms with van der Waals surface area (Å²) in [6, 6.07) is 0. The fourth-order valence-corrected chi connectivity index (χ4v) is 8.21. The average Bonchev–Trinajstić information content (AvgIpc) is 2.95. The first-order valence-electron chi connectivity index (χ1n) is 11.0. The van der Waals surface area contributed by atoms with Gasteiger partial charge in [-0.25, -0.2) is 0 Å². The third kappa shape index (κ3) is 2.81. The number of fused-ring (bicyclic) bond motifs is 5. The number of aliphatic hydroxyl groups excluding tert-OH is 1. The van der Waals surface area contributed by atoms with Gasteiger partial charge in [-0.15, -0.1) is 0 Å². The van der Waals surface area contributed by atoms with E-state index in [1.165, 1.54) is 19.8 Å². The number of esters is 1. The molecule has 0 aromatic rings. The first kappa shape index (κ1) is 19.4. The highest BCUT2D eigenvalue weighted by atomic mass is 16.5. The van der Waals surface area contributed by atoms with Crippen molar-refractivity contribution >= 4 is 11.8 Å². The van der Waals surface area contributed by atoms with E-state index in [0.717, 1.165) is 38.5 Å². The predicted octanol–water partition coefficient (Wildman–Crippen LogP) is 4.14. The molecule has 4 heteroatoms. The van der Waals surface area contributed by atoms with Gasteiger partial charge in [-0.3, -0.25) is 9.59 Å². The van der Waals surface area contributed by atoms with Gasteiger partial charge < -0.3 is 9.84 Å². The number of hydrogen-bond acceptors (Lipinski definition) is 4. The smallest absolute Gasteiger partial charge is 0.302 e. The molecule has 0 saturated heterocycles. The number of carbonyl (C=O) groups excluding carboxylic acids is 2. The van der Waals surface area contributed by atoms with Gasteiger partial charge in [0.15, 0.2) is 0 Å². The maximum atomic E-state index is 12.5. The summed E-state index contributed by atoms with van der Waals surface area (Å²) in [5.41, 5.74) is 0.0201. The standard InChI is InChI=1S/C23H36O4/c1-13(24)18-7-8-19-17-6-5-15-11-16(26)9-10-22(15,3)20(17)12-21(23(18,19)4)27-14(2)25/h15-21,26H,5-12H2,1-4H3/t15-,16+,17+,18-,19+,20+,21+,22+,23-/m1/s1. The summed E-state index contributed by atoms with van der Waals surface area (Å²) in [4.78, 5) is 24.4. The third-order valence-electron chi connectivity index (χ3n) is 9.51. The van der Waals surface area contributed by atoms with E-state index in [4.69, 9.17) is 4.74 Å². The lowest BCUT2D eigenvalue weighted by Gasteiger charge is -2.62. The molecule has 0 radical (unpaired) electrons. The van der Waals surface area contributed by atoms with Crippen molar-refractivity contribution in [3.8, 4) is 0 Å². The van der Waals surface area contributed by atoms with E-state index in [1.54, 1.807) is 6.92 Å². The molecule has 1 N–H and O–H groups in total. The normalized spacial score (nSPS) is 51.7. The van der Waals surface area contributed by atoms with Gasteiger partial charge in [0.1, 0.15) is 11.9 Å². The van der Waals surface area contributed by atoms with Crippen LogP contribution in [0.3, 0.4) is 0 Å². The molecule has 0 aromatic carbocycles. The van der Waals surface area contributed by atoms with E-state index in [-0.39, 0.29) is 40.7 Å². The maximum Gasteiger partial charge on any atom is 0.302 e. The highest BCUT2D eigenvalue weighted by molar-refractivity contribution is 5.80. The van der Waals surface area contributed by atoms with Crippen LogP contribution in [0.2, 0.25) is 0 Å². The van der Waals surface area contributed by atoms with Crippen LogP contribution in [0.15, 0.2) is 0 Å². The molecule has 4 aliphatic rings. The lowest BCUT2D eigenvalue weighted by Crippen LogP contribution is -2.59. The van der Waals surface area contributed by atoms with Crippen molar-refractivity contribution in [3.05, 3.63) is 0 Å². The Morgan fingerprint density at radius 2 is 1.70 bits per heavy atom. The van der Waals surface area contributed by atoms with E-state index < -0.39 is 0 Å². The minimum absolute atomic E-state index is 0.0199. The largest absolute Gasteiger partial charge is 0.462 e. The Hall–Kier alpha value is -0.900. The van der Waals surface area contributed by atoms with E-state index in [0.29, 0.717) is 23.7 Å². The van der Waals surface area contributed by atoms with E-state index in [9.17, 15) is 14.7 Å². The van der Waals surface area contributed by atoms with Crippen LogP contribution in [0.4, 0.5) is 0 Å². The zero-order chi connectivity index (χ0) is 19.6. The van der Waals surface area contributed by atoms with Crippen molar-refractivity contribution in [1.29, 1.82) is 0 Å². The zero-order valence-corrected chi connectivity index (χ0v) is 17.4. The molecule has 9 atom stereocenters. The van der Waals surface area contributed by atoms with Crippen molar-refractivity contribution in [2.45, 2.75) is 91.3 Å². The second-order valence-corrected chi connectivity index (χ2v) is 10.5. The van der Waals surface area contributed by atoms with Crippen LogP contribution in [-0.4, -0.2) is 29.1 Å². The van der Waals surface area contributed by atoms with E-state index in [2.05, 4.69) is 13.8 Å². The summed E-state index contributed by atoms with van der Waals surface area (Å²) >= 11 is 0. The highest BCUT2D eigenvalue weighted by Crippen LogP contribution is 2.68. The molecule has 4 saturated carbocycles. The van der Waals surface area contributed by atoms with Crippen LogP contribution in [0.5, 0.6) is 0 Å². The highest BCUT2D eigenvalue weighted by Gasteiger charge is 2.65. The molecule has 4 aliphatic carbocycles. The summed E-state index contributed by atoms with van der Waals surface area (Å²) in [5, 5.41) is 10.2. The van der Waals surface area contributed by atoms with Gasteiger partial charge in [0.25, 0.3) is 0 Å². The van der Waals surface area contributed by atoms with Gasteiger partial charge in [-0.2, -0.15) is 0 Å². The van der Waals surface area contributed by atoms with E-state index >= 15 is 0 Å². The molecule has 0 amide bonds. The van der Waals surface area contributed by atoms with Crippen molar-refractivity contribution in [3.63, 3.8) is 0 Å². The van der Waals surface area contributed by atoms with Crippen LogP contribution in [0.25, 0.3) is 0 Å². The molecular weight excluding hydrogens is 340 g/mol. The Morgan fingerprint density at radius 1 is 0.963 bits per heavy atom. The minimum Gasteiger partial charge on any atom is -0.462 e. The van der Waals surface area contributed by atoms with Gasteiger partial charge in [0.2, 0.25) is 0 Å². The molecule has 0 heterocycles. The summed E-state index contributed by atoms with van der Waals surface area (Å²) in [7, 11) is 0. The quantitative estimate of drug-likeness (QED) is 0.736. The van der Waals surface area contributed by atoms with Crippen molar-refractivity contribution in [2.75, 3.05) is 0 Å². The lowest BCUT2D eigenvalue weighted by molar-refractivity contribution is -0.194. The number of Topliss-reactive ketones (excluding diaryl/α,β-unsaturated/α-hetero) is 1. The Morgan fingerprint density at radius 3 is 2.37 bits per heavy atom. The minimum atomic E-state index is -0.218. The van der Waals surface area contributed by atoms with Gasteiger partial charge in [-0.1, -0.05) is 13.8 Å². The fraction of sp³-hybridized carbons (Fsp3) is 0.913. The van der Waals surface area contributed by atoms with Crippen LogP contribution in [-0.2, 0) is 14.3 Å². The first-order valence-corrected chi connectivity index (χ1v) is 11.0. The molecule has 4 fully saturated rings. The molecule has 0 spiro atoms. The van der Waals surface area contributed by atoms with Gasteiger partial charge >= 0.3 is 5.97 Å². The molecule has 0 aliphatic heterocycles. The van der Waals surface area contributed by atoms with Crippen molar-refractivity contribution < 1.29 is 19.4 Å². The van der Waals surface area contributed by atoms with E-state index in [1.807, 2.05) is 0 Å². The Kier molecular flexibility index (Phi) is 4.73. The van der Waals surface area contributed by atoms with Crippen LogP contribution >= 0.6 is 0 Å². The first-order chi connectivity index (χ1) is 12.7. The topological polar surface area (TPSA) is 63.6 Å². The van der Waals surface area contributed by atoms with Gasteiger partial charge in [0, 0.05) is 18.3 Å². The van der Waals surface area contributed by atoms with Gasteiger partial charge in [-0.05, 0) is 87.4 Å². The molecule has 0 aromatic heterocycles. The number of carbonyl (C=O) groups is 2. The van der Waals surface area contributed by atoms with Crippen LogP contribution < -0.4 is 0 Å². The molecular formula is C23H36O4. The number of aliphatic hydroxyl groups is 1. The summed E-state index contributed by atoms with van der Waals surface area (Å²) in [6.07, 6.45) is 7.92. The molecule has 4 nitrogen and oxygen atoms in total. The van der Waals surface area contributed by atoms with Crippen LogP contribution in [0.1, 0.15) is 79.1 Å². The molecule has 0 bridgehead atoms. The maximum absolute atomic E-state index is 12.5. The van der Waals surface area contributed by atoms with Crippen molar-refractivity contribution in [1.82, 2.24) is 0 Å². The Bertz CT molecular complexity index is 630. The summed E-state index contributed by atoms with van der Waals surface area (Å²) in [6.45, 7) is 7.89. The zero-order valence-electron chi connectivity index (χ0n) is 17.4. The molecule has 152 valence electrons. The average molecular weight is 377 g/mol. The molecule has 4 rings (SSSR count). The SMILES string of the molecule is CC(=O)O[C@H]1C[C@H]2[C@@H](CC[C@@H]3C[C@@H](O)CC[C@@]32C)[C@@H]2CC[C@H](C(C)=O)[C@@]12C. The summed E-state index contributed by atoms with van der Waals surface area (Å²) < 4.78 is 5.94. The number of ketones is 1. The Balaban J connectivity index is 1.71. The number of rotatable bonds is 2. The van der Waals surface area contributed by atoms with Gasteiger partial charge in [0.05, 0.1) is 6.10 Å².